The smallest absolute Gasteiger partial charge is 0.258 e. The highest BCUT2D eigenvalue weighted by molar-refractivity contribution is 7.71. The predicted molar refractivity (Wildman–Crippen MR) is 70.0 cm³/mol. The number of halogens is 6. The van der Waals surface area contributed by atoms with Crippen molar-refractivity contribution >= 4 is 17.9 Å². The van der Waals surface area contributed by atoms with Gasteiger partial charge < -0.3 is 0 Å². The van der Waals surface area contributed by atoms with E-state index < -0.39 is 44.8 Å². The predicted octanol–water partition coefficient (Wildman–Crippen LogP) is 3.89. The zero-order valence-electron chi connectivity index (χ0n) is 11.5. The van der Waals surface area contributed by atoms with E-state index >= 15 is 0 Å². The summed E-state index contributed by atoms with van der Waals surface area (Å²) in [5.74, 6) is -1.59. The number of hydrogen-bond donors (Lipinski definition) is 0. The molecule has 0 saturated carbocycles. The van der Waals surface area contributed by atoms with Crippen molar-refractivity contribution in [2.24, 2.45) is 7.05 Å². The van der Waals surface area contributed by atoms with E-state index in [1.54, 1.807) is 0 Å². The average Bonchev–Trinajstić information content (AvgIpc) is 2.73. The summed E-state index contributed by atoms with van der Waals surface area (Å²) < 4.78 is 77.4. The fraction of sp³-hybridized carbons (Fsp3) is 0.273. The van der Waals surface area contributed by atoms with Crippen LogP contribution in [0.2, 0.25) is 0 Å². The van der Waals surface area contributed by atoms with Gasteiger partial charge in [-0.15, -0.1) is 5.10 Å². The Morgan fingerprint density at radius 3 is 2.21 bits per heavy atom. The van der Waals surface area contributed by atoms with E-state index in [9.17, 15) is 36.5 Å². The van der Waals surface area contributed by atoms with Gasteiger partial charge in [0.1, 0.15) is 5.69 Å². The van der Waals surface area contributed by atoms with Crippen LogP contribution in [-0.2, 0) is 19.4 Å². The number of alkyl halides is 6. The van der Waals surface area contributed by atoms with Crippen LogP contribution in [0.25, 0.3) is 5.69 Å². The first-order valence-electron chi connectivity index (χ1n) is 5.93. The molecule has 0 spiro atoms. The normalized spacial score (nSPS) is 12.5. The van der Waals surface area contributed by atoms with Crippen LogP contribution in [0, 0.1) is 14.9 Å². The fourth-order valence-electron chi connectivity index (χ4n) is 1.90. The van der Waals surface area contributed by atoms with Gasteiger partial charge in [-0.25, -0.2) is 4.68 Å². The largest absolute Gasteiger partial charge is 0.452 e. The molecule has 0 aliphatic carbocycles. The lowest BCUT2D eigenvalue weighted by Gasteiger charge is -2.12. The first kappa shape index (κ1) is 17.9. The first-order chi connectivity index (χ1) is 10.8. The Morgan fingerprint density at radius 1 is 1.17 bits per heavy atom. The Morgan fingerprint density at radius 2 is 1.75 bits per heavy atom. The SMILES string of the molecule is Cn1nc(C(F)(F)F)n(-c2ccc(C(F)(F)F)cc2[N+](=O)[O-])c1=S. The van der Waals surface area contributed by atoms with E-state index in [2.05, 4.69) is 5.10 Å². The van der Waals surface area contributed by atoms with E-state index in [1.165, 1.54) is 0 Å². The lowest BCUT2D eigenvalue weighted by Crippen LogP contribution is -2.15. The third-order valence-corrected chi connectivity index (χ3v) is 3.37. The van der Waals surface area contributed by atoms with Gasteiger partial charge in [-0.2, -0.15) is 26.3 Å². The molecule has 1 aromatic carbocycles. The van der Waals surface area contributed by atoms with Gasteiger partial charge >= 0.3 is 12.4 Å². The highest BCUT2D eigenvalue weighted by atomic mass is 32.1. The Bertz CT molecular complexity index is 867. The lowest BCUT2D eigenvalue weighted by atomic mass is 10.1. The van der Waals surface area contributed by atoms with E-state index in [4.69, 9.17) is 12.2 Å². The van der Waals surface area contributed by atoms with Gasteiger partial charge in [0.05, 0.1) is 10.5 Å². The van der Waals surface area contributed by atoms with Gasteiger partial charge in [0.2, 0.25) is 10.6 Å². The zero-order chi connectivity index (χ0) is 18.4. The molecule has 0 aliphatic heterocycles. The molecule has 1 aromatic heterocycles. The molecule has 0 aliphatic rings. The van der Waals surface area contributed by atoms with Crippen LogP contribution in [0.15, 0.2) is 18.2 Å². The van der Waals surface area contributed by atoms with Crippen LogP contribution in [-0.4, -0.2) is 19.3 Å². The van der Waals surface area contributed by atoms with Gasteiger partial charge in [-0.05, 0) is 24.4 Å². The third-order valence-electron chi connectivity index (χ3n) is 2.92. The monoisotopic (exact) mass is 372 g/mol. The fourth-order valence-corrected chi connectivity index (χ4v) is 2.13. The molecule has 0 saturated heterocycles. The molecule has 2 rings (SSSR count). The number of nitro groups is 1. The lowest BCUT2D eigenvalue weighted by molar-refractivity contribution is -0.384. The second kappa shape index (κ2) is 5.58. The maximum absolute atomic E-state index is 13.0. The molecule has 0 amide bonds. The Hall–Kier alpha value is -2.44. The van der Waals surface area contributed by atoms with Crippen LogP contribution in [0.3, 0.4) is 0 Å². The highest BCUT2D eigenvalue weighted by Crippen LogP contribution is 2.37. The van der Waals surface area contributed by atoms with E-state index in [1.807, 2.05) is 0 Å². The van der Waals surface area contributed by atoms with Crippen molar-refractivity contribution in [2.45, 2.75) is 12.4 Å². The molecule has 0 atom stereocenters. The number of aromatic nitrogens is 3. The maximum Gasteiger partial charge on any atom is 0.452 e. The number of nitro benzene ring substituents is 1. The molecule has 0 unspecified atom stereocenters. The van der Waals surface area contributed by atoms with Crippen LogP contribution in [0.4, 0.5) is 32.0 Å². The molecule has 0 bridgehead atoms. The van der Waals surface area contributed by atoms with Crippen LogP contribution in [0.1, 0.15) is 11.4 Å². The Kier molecular flexibility index (Phi) is 4.16. The zero-order valence-corrected chi connectivity index (χ0v) is 12.3. The molecule has 0 fully saturated rings. The molecule has 0 N–H and O–H groups in total. The highest BCUT2D eigenvalue weighted by Gasteiger charge is 2.40. The van der Waals surface area contributed by atoms with Gasteiger partial charge in [-0.3, -0.25) is 14.7 Å². The second-order valence-corrected chi connectivity index (χ2v) is 4.89. The summed E-state index contributed by atoms with van der Waals surface area (Å²) in [6, 6.07) is 1.12. The molecule has 13 heteroatoms. The van der Waals surface area contributed by atoms with Crippen molar-refractivity contribution in [3.63, 3.8) is 0 Å². The number of aryl methyl sites for hydroxylation is 1. The number of nitrogens with zero attached hydrogens (tertiary/aromatic N) is 4. The van der Waals surface area contributed by atoms with E-state index in [-0.39, 0.29) is 10.6 Å². The Balaban J connectivity index is 2.84. The minimum absolute atomic E-state index is 0.143. The van der Waals surface area contributed by atoms with Crippen molar-refractivity contribution in [3.05, 3.63) is 44.5 Å². The maximum atomic E-state index is 13.0. The number of benzene rings is 1. The molecular formula is C11H6F6N4O2S. The Labute approximate surface area is 134 Å². The average molecular weight is 372 g/mol. The van der Waals surface area contributed by atoms with Crippen molar-refractivity contribution in [2.75, 3.05) is 0 Å². The van der Waals surface area contributed by atoms with Crippen LogP contribution in [0.5, 0.6) is 0 Å². The summed E-state index contributed by atoms with van der Waals surface area (Å²) >= 11 is 4.74. The summed E-state index contributed by atoms with van der Waals surface area (Å²) in [7, 11) is 1.07. The van der Waals surface area contributed by atoms with E-state index in [0.29, 0.717) is 16.8 Å². The summed E-state index contributed by atoms with van der Waals surface area (Å²) in [5.41, 5.74) is -3.32. The van der Waals surface area contributed by atoms with Crippen molar-refractivity contribution in [3.8, 4) is 5.69 Å². The van der Waals surface area contributed by atoms with Gasteiger partial charge in [0, 0.05) is 13.1 Å². The van der Waals surface area contributed by atoms with Crippen LogP contribution >= 0.6 is 12.2 Å². The molecule has 6 nitrogen and oxygen atoms in total. The van der Waals surface area contributed by atoms with Gasteiger partial charge in [0.25, 0.3) is 5.69 Å². The summed E-state index contributed by atoms with van der Waals surface area (Å²) in [6.07, 6.45) is -9.92. The minimum Gasteiger partial charge on any atom is -0.258 e. The molecule has 1 heterocycles. The van der Waals surface area contributed by atoms with Crippen molar-refractivity contribution in [1.82, 2.24) is 14.3 Å². The van der Waals surface area contributed by atoms with E-state index in [0.717, 1.165) is 7.05 Å². The minimum atomic E-state index is -5.02. The summed E-state index contributed by atoms with van der Waals surface area (Å²) in [6.45, 7) is 0. The molecule has 130 valence electrons. The second-order valence-electron chi connectivity index (χ2n) is 4.52. The van der Waals surface area contributed by atoms with Gasteiger partial charge in [0.15, 0.2) is 0 Å². The van der Waals surface area contributed by atoms with Gasteiger partial charge in [-0.1, -0.05) is 0 Å². The van der Waals surface area contributed by atoms with Crippen molar-refractivity contribution in [1.29, 1.82) is 0 Å². The molecule has 2 aromatic rings. The standard InChI is InChI=1S/C11H6F6N4O2S/c1-19-9(24)20(8(18-19)11(15,16)17)6-3-2-5(10(12,13)14)4-7(6)21(22)23/h2-4H,1H3. The van der Waals surface area contributed by atoms with Crippen molar-refractivity contribution < 1.29 is 31.3 Å². The quantitative estimate of drug-likeness (QED) is 0.347. The third kappa shape index (κ3) is 3.11. The summed E-state index contributed by atoms with van der Waals surface area (Å²) in [4.78, 5) is 9.81. The first-order valence-corrected chi connectivity index (χ1v) is 6.34. The molecule has 24 heavy (non-hydrogen) atoms. The van der Waals surface area contributed by atoms with Crippen LogP contribution < -0.4 is 0 Å². The topological polar surface area (TPSA) is 65.9 Å². The number of hydrogen-bond acceptors (Lipinski definition) is 4. The molecular weight excluding hydrogens is 366 g/mol. The molecule has 0 radical (unpaired) electrons. The number of rotatable bonds is 2. The summed E-state index contributed by atoms with van der Waals surface area (Å²) in [5, 5.41) is 14.2.